The van der Waals surface area contributed by atoms with Gasteiger partial charge in [0, 0.05) is 36.9 Å². The highest BCUT2D eigenvalue weighted by Crippen LogP contribution is 2.21. The van der Waals surface area contributed by atoms with Crippen molar-refractivity contribution in [2.75, 3.05) is 19.7 Å². The van der Waals surface area contributed by atoms with E-state index in [9.17, 15) is 9.59 Å². The van der Waals surface area contributed by atoms with Crippen molar-refractivity contribution in [2.24, 2.45) is 5.92 Å². The van der Waals surface area contributed by atoms with Gasteiger partial charge in [-0.3, -0.25) is 9.59 Å². The van der Waals surface area contributed by atoms with Gasteiger partial charge in [-0.25, -0.2) is 0 Å². The van der Waals surface area contributed by atoms with Crippen LogP contribution in [0.15, 0.2) is 21.3 Å². The molecule has 1 aliphatic heterocycles. The van der Waals surface area contributed by atoms with E-state index in [2.05, 4.69) is 10.1 Å². The number of esters is 1. The number of nitrogens with zero attached hydrogens (tertiary/aromatic N) is 3. The number of aryl methyl sites for hydroxylation is 1. The van der Waals surface area contributed by atoms with E-state index in [0.717, 1.165) is 5.56 Å². The first-order chi connectivity index (χ1) is 12.2. The summed E-state index contributed by atoms with van der Waals surface area (Å²) in [6.45, 7) is 3.38. The van der Waals surface area contributed by atoms with Gasteiger partial charge >= 0.3 is 5.97 Å². The van der Waals surface area contributed by atoms with Crippen LogP contribution in [-0.2, 0) is 20.7 Å². The van der Waals surface area contributed by atoms with E-state index in [0.29, 0.717) is 57.1 Å². The van der Waals surface area contributed by atoms with Crippen molar-refractivity contribution in [3.05, 3.63) is 22.7 Å². The maximum Gasteiger partial charge on any atom is 0.309 e. The summed E-state index contributed by atoms with van der Waals surface area (Å²) < 4.78 is 10.3. The third-order valence-electron chi connectivity index (χ3n) is 4.27. The Labute approximate surface area is 150 Å². The van der Waals surface area contributed by atoms with Crippen molar-refractivity contribution in [1.82, 2.24) is 15.0 Å². The van der Waals surface area contributed by atoms with Crippen LogP contribution in [0.4, 0.5) is 0 Å². The molecule has 7 nitrogen and oxygen atoms in total. The molecule has 2 aromatic heterocycles. The highest BCUT2D eigenvalue weighted by Gasteiger charge is 2.28. The van der Waals surface area contributed by atoms with Crippen LogP contribution in [0.1, 0.15) is 32.1 Å². The van der Waals surface area contributed by atoms with E-state index in [4.69, 9.17) is 9.26 Å². The van der Waals surface area contributed by atoms with E-state index in [1.54, 1.807) is 23.2 Å². The van der Waals surface area contributed by atoms with Crippen LogP contribution in [-0.4, -0.2) is 46.6 Å². The van der Waals surface area contributed by atoms with Crippen LogP contribution in [0, 0.1) is 5.92 Å². The Morgan fingerprint density at radius 2 is 2.20 bits per heavy atom. The highest BCUT2D eigenvalue weighted by atomic mass is 32.1. The van der Waals surface area contributed by atoms with Crippen LogP contribution in [0.5, 0.6) is 0 Å². The maximum atomic E-state index is 12.3. The normalized spacial score (nSPS) is 15.3. The Hall–Kier alpha value is -2.22. The summed E-state index contributed by atoms with van der Waals surface area (Å²) in [7, 11) is 0. The lowest BCUT2D eigenvalue weighted by Crippen LogP contribution is -2.40. The summed E-state index contributed by atoms with van der Waals surface area (Å²) in [6, 6.07) is 1.93. The SMILES string of the molecule is CCOC(=O)C1CCN(C(=O)CCc2nc(-c3ccsc3)no2)CC1. The van der Waals surface area contributed by atoms with Crippen LogP contribution < -0.4 is 0 Å². The Morgan fingerprint density at radius 3 is 2.88 bits per heavy atom. The van der Waals surface area contributed by atoms with Gasteiger partial charge in [-0.1, -0.05) is 5.16 Å². The highest BCUT2D eigenvalue weighted by molar-refractivity contribution is 7.08. The number of hydrogen-bond donors (Lipinski definition) is 0. The topological polar surface area (TPSA) is 85.5 Å². The molecule has 3 rings (SSSR count). The number of ether oxygens (including phenoxy) is 1. The minimum absolute atomic E-state index is 0.0533. The number of rotatable bonds is 6. The summed E-state index contributed by atoms with van der Waals surface area (Å²) in [4.78, 5) is 30.2. The first-order valence-corrected chi connectivity index (χ1v) is 9.41. The fraction of sp³-hybridized carbons (Fsp3) is 0.529. The van der Waals surface area contributed by atoms with Gasteiger partial charge in [-0.05, 0) is 31.2 Å². The lowest BCUT2D eigenvalue weighted by atomic mass is 9.97. The molecule has 3 heterocycles. The number of piperidine rings is 1. The number of likely N-dealkylation sites (tertiary alicyclic amines) is 1. The summed E-state index contributed by atoms with van der Waals surface area (Å²) in [5.74, 6) is 0.835. The molecule has 134 valence electrons. The van der Waals surface area contributed by atoms with Crippen molar-refractivity contribution >= 4 is 23.2 Å². The average molecular weight is 363 g/mol. The van der Waals surface area contributed by atoms with Crippen molar-refractivity contribution in [3.8, 4) is 11.4 Å². The van der Waals surface area contributed by atoms with Crippen LogP contribution >= 0.6 is 11.3 Å². The van der Waals surface area contributed by atoms with E-state index in [1.165, 1.54) is 0 Å². The zero-order chi connectivity index (χ0) is 17.6. The van der Waals surface area contributed by atoms with Crippen LogP contribution in [0.3, 0.4) is 0 Å². The monoisotopic (exact) mass is 363 g/mol. The van der Waals surface area contributed by atoms with Crippen molar-refractivity contribution in [3.63, 3.8) is 0 Å². The van der Waals surface area contributed by atoms with Crippen LogP contribution in [0.25, 0.3) is 11.4 Å². The second-order valence-corrected chi connectivity index (χ2v) is 6.71. The van der Waals surface area contributed by atoms with Gasteiger partial charge in [0.1, 0.15) is 0 Å². The summed E-state index contributed by atoms with van der Waals surface area (Å²) in [5.41, 5.74) is 0.923. The largest absolute Gasteiger partial charge is 0.466 e. The molecular weight excluding hydrogens is 342 g/mol. The summed E-state index contributed by atoms with van der Waals surface area (Å²) in [6.07, 6.45) is 2.07. The molecule has 0 bridgehead atoms. The van der Waals surface area contributed by atoms with Crippen molar-refractivity contribution in [1.29, 1.82) is 0 Å². The fourth-order valence-corrected chi connectivity index (χ4v) is 3.50. The Balaban J connectivity index is 1.45. The molecule has 0 aliphatic carbocycles. The lowest BCUT2D eigenvalue weighted by Gasteiger charge is -2.30. The predicted octanol–water partition coefficient (Wildman–Crippen LogP) is 2.53. The molecule has 0 atom stereocenters. The first-order valence-electron chi connectivity index (χ1n) is 8.47. The molecule has 0 saturated carbocycles. The third kappa shape index (κ3) is 4.45. The number of aromatic nitrogens is 2. The molecule has 2 aromatic rings. The van der Waals surface area contributed by atoms with E-state index in [-0.39, 0.29) is 17.8 Å². The molecule has 25 heavy (non-hydrogen) atoms. The quantitative estimate of drug-likeness (QED) is 0.733. The smallest absolute Gasteiger partial charge is 0.309 e. The van der Waals surface area contributed by atoms with Gasteiger partial charge < -0.3 is 14.2 Å². The minimum Gasteiger partial charge on any atom is -0.466 e. The fourth-order valence-electron chi connectivity index (χ4n) is 2.86. The molecule has 1 aliphatic rings. The maximum absolute atomic E-state index is 12.3. The van der Waals surface area contributed by atoms with Gasteiger partial charge in [-0.15, -0.1) is 0 Å². The van der Waals surface area contributed by atoms with Gasteiger partial charge in [0.2, 0.25) is 17.6 Å². The zero-order valence-corrected chi connectivity index (χ0v) is 15.0. The Bertz CT molecular complexity index is 705. The number of carbonyl (C=O) groups is 2. The molecule has 1 amide bonds. The van der Waals surface area contributed by atoms with E-state index < -0.39 is 0 Å². The van der Waals surface area contributed by atoms with Gasteiger partial charge in [0.05, 0.1) is 12.5 Å². The van der Waals surface area contributed by atoms with Crippen molar-refractivity contribution in [2.45, 2.75) is 32.6 Å². The number of hydrogen-bond acceptors (Lipinski definition) is 7. The molecule has 1 fully saturated rings. The molecule has 0 N–H and O–H groups in total. The number of carbonyl (C=O) groups excluding carboxylic acids is 2. The lowest BCUT2D eigenvalue weighted by molar-refractivity contribution is -0.151. The second kappa shape index (κ2) is 8.24. The predicted molar refractivity (Wildman–Crippen MR) is 91.9 cm³/mol. The van der Waals surface area contributed by atoms with Gasteiger partial charge in [0.25, 0.3) is 0 Å². The average Bonchev–Trinajstić information content (AvgIpc) is 3.31. The minimum atomic E-state index is -0.151. The van der Waals surface area contributed by atoms with E-state index in [1.807, 2.05) is 16.8 Å². The molecule has 8 heteroatoms. The molecular formula is C17H21N3O4S. The Morgan fingerprint density at radius 1 is 1.40 bits per heavy atom. The zero-order valence-electron chi connectivity index (χ0n) is 14.1. The van der Waals surface area contributed by atoms with Gasteiger partial charge in [-0.2, -0.15) is 16.3 Å². The third-order valence-corrected chi connectivity index (χ3v) is 4.95. The molecule has 0 radical (unpaired) electrons. The Kier molecular flexibility index (Phi) is 5.80. The molecule has 0 unspecified atom stereocenters. The summed E-state index contributed by atoms with van der Waals surface area (Å²) in [5, 5.41) is 7.85. The summed E-state index contributed by atoms with van der Waals surface area (Å²) >= 11 is 1.57. The van der Waals surface area contributed by atoms with Gasteiger partial charge in [0.15, 0.2) is 0 Å². The van der Waals surface area contributed by atoms with Crippen molar-refractivity contribution < 1.29 is 18.8 Å². The second-order valence-electron chi connectivity index (χ2n) is 5.93. The number of thiophene rings is 1. The molecule has 0 aromatic carbocycles. The molecule has 0 spiro atoms. The first kappa shape index (κ1) is 17.6. The molecule has 1 saturated heterocycles. The standard InChI is InChI=1S/C17H21N3O4S/c1-2-23-17(22)12-5-8-20(9-6-12)15(21)4-3-14-18-16(19-24-14)13-7-10-25-11-13/h7,10-12H,2-6,8-9H2,1H3. The number of amides is 1. The van der Waals surface area contributed by atoms with Crippen LogP contribution in [0.2, 0.25) is 0 Å². The van der Waals surface area contributed by atoms with E-state index >= 15 is 0 Å².